The lowest BCUT2D eigenvalue weighted by atomic mass is 9.92. The van der Waals surface area contributed by atoms with E-state index in [0.717, 1.165) is 19.5 Å². The molecular formula is C15H24N2. The summed E-state index contributed by atoms with van der Waals surface area (Å²) in [6, 6.07) is 9.35. The van der Waals surface area contributed by atoms with Gasteiger partial charge in [0, 0.05) is 11.6 Å². The van der Waals surface area contributed by atoms with Gasteiger partial charge in [-0.1, -0.05) is 24.3 Å². The van der Waals surface area contributed by atoms with Gasteiger partial charge in [0.05, 0.1) is 0 Å². The minimum absolute atomic E-state index is 0.216. The molecule has 1 atom stereocenters. The maximum atomic E-state index is 3.62. The molecule has 1 aromatic carbocycles. The Morgan fingerprint density at radius 3 is 2.82 bits per heavy atom. The Bertz CT molecular complexity index is 365. The number of hydrogen-bond donors (Lipinski definition) is 2. The van der Waals surface area contributed by atoms with Gasteiger partial charge in [-0.05, 0) is 57.8 Å². The molecule has 94 valence electrons. The summed E-state index contributed by atoms with van der Waals surface area (Å²) in [5, 5.41) is 7.18. The molecule has 0 amide bonds. The lowest BCUT2D eigenvalue weighted by Gasteiger charge is -2.28. The molecule has 0 spiro atoms. The molecule has 2 nitrogen and oxygen atoms in total. The third-order valence-electron chi connectivity index (χ3n) is 3.30. The summed E-state index contributed by atoms with van der Waals surface area (Å²) in [7, 11) is 0. The van der Waals surface area contributed by atoms with E-state index in [2.05, 4.69) is 55.7 Å². The van der Waals surface area contributed by atoms with Crippen LogP contribution in [0.5, 0.6) is 0 Å². The maximum absolute atomic E-state index is 3.62. The van der Waals surface area contributed by atoms with Crippen LogP contribution in [-0.4, -0.2) is 18.6 Å². The van der Waals surface area contributed by atoms with Crippen LogP contribution in [-0.2, 0) is 6.42 Å². The first-order valence-corrected chi connectivity index (χ1v) is 6.62. The SMILES string of the molecule is CC(C)(C)NCCC1NCCc2ccccc21. The predicted octanol–water partition coefficient (Wildman–Crippen LogP) is 2.65. The van der Waals surface area contributed by atoms with Gasteiger partial charge in [0.15, 0.2) is 0 Å². The van der Waals surface area contributed by atoms with Crippen LogP contribution in [0, 0.1) is 0 Å². The van der Waals surface area contributed by atoms with Gasteiger partial charge >= 0.3 is 0 Å². The highest BCUT2D eigenvalue weighted by Crippen LogP contribution is 2.24. The molecule has 2 N–H and O–H groups in total. The highest BCUT2D eigenvalue weighted by atomic mass is 15.0. The molecule has 2 rings (SSSR count). The van der Waals surface area contributed by atoms with Crippen molar-refractivity contribution in [2.24, 2.45) is 0 Å². The van der Waals surface area contributed by atoms with Gasteiger partial charge in [-0.25, -0.2) is 0 Å². The lowest BCUT2D eigenvalue weighted by Crippen LogP contribution is -2.39. The van der Waals surface area contributed by atoms with E-state index in [1.54, 1.807) is 0 Å². The summed E-state index contributed by atoms with van der Waals surface area (Å²) < 4.78 is 0. The molecule has 1 heterocycles. The van der Waals surface area contributed by atoms with Crippen LogP contribution in [0.2, 0.25) is 0 Å². The van der Waals surface area contributed by atoms with Crippen LogP contribution < -0.4 is 10.6 Å². The lowest BCUT2D eigenvalue weighted by molar-refractivity contribution is 0.388. The second kappa shape index (κ2) is 5.19. The van der Waals surface area contributed by atoms with E-state index in [0.29, 0.717) is 6.04 Å². The molecule has 1 unspecified atom stereocenters. The first-order valence-electron chi connectivity index (χ1n) is 6.62. The first kappa shape index (κ1) is 12.6. The fourth-order valence-corrected chi connectivity index (χ4v) is 2.44. The zero-order valence-corrected chi connectivity index (χ0v) is 11.2. The molecule has 1 aromatic rings. The van der Waals surface area contributed by atoms with Gasteiger partial charge in [-0.2, -0.15) is 0 Å². The summed E-state index contributed by atoms with van der Waals surface area (Å²) in [5.74, 6) is 0. The zero-order chi connectivity index (χ0) is 12.3. The largest absolute Gasteiger partial charge is 0.312 e. The van der Waals surface area contributed by atoms with Gasteiger partial charge in [-0.3, -0.25) is 0 Å². The van der Waals surface area contributed by atoms with Crippen molar-refractivity contribution in [1.29, 1.82) is 0 Å². The third kappa shape index (κ3) is 3.55. The summed E-state index contributed by atoms with van der Waals surface area (Å²) in [4.78, 5) is 0. The third-order valence-corrected chi connectivity index (χ3v) is 3.30. The van der Waals surface area contributed by atoms with Crippen molar-refractivity contribution in [2.75, 3.05) is 13.1 Å². The van der Waals surface area contributed by atoms with Crippen molar-refractivity contribution >= 4 is 0 Å². The Labute approximate surface area is 105 Å². The van der Waals surface area contributed by atoms with Gasteiger partial charge in [0.25, 0.3) is 0 Å². The molecule has 1 aliphatic heterocycles. The monoisotopic (exact) mass is 232 g/mol. The molecule has 0 saturated carbocycles. The molecule has 1 aliphatic rings. The fraction of sp³-hybridized carbons (Fsp3) is 0.600. The van der Waals surface area contributed by atoms with Crippen LogP contribution in [0.3, 0.4) is 0 Å². The molecule has 0 saturated heterocycles. The molecule has 0 radical (unpaired) electrons. The summed E-state index contributed by atoms with van der Waals surface area (Å²) in [5.41, 5.74) is 3.23. The minimum atomic E-state index is 0.216. The Kier molecular flexibility index (Phi) is 3.85. The minimum Gasteiger partial charge on any atom is -0.312 e. The summed E-state index contributed by atoms with van der Waals surface area (Å²) in [6.45, 7) is 8.83. The Morgan fingerprint density at radius 2 is 2.06 bits per heavy atom. The second-order valence-electron chi connectivity index (χ2n) is 5.92. The average molecular weight is 232 g/mol. The van der Waals surface area contributed by atoms with Crippen molar-refractivity contribution in [3.63, 3.8) is 0 Å². The fourth-order valence-electron chi connectivity index (χ4n) is 2.44. The van der Waals surface area contributed by atoms with Crippen molar-refractivity contribution in [2.45, 2.75) is 45.2 Å². The molecule has 17 heavy (non-hydrogen) atoms. The van der Waals surface area contributed by atoms with Crippen LogP contribution >= 0.6 is 0 Å². The average Bonchev–Trinajstić information content (AvgIpc) is 2.28. The second-order valence-corrected chi connectivity index (χ2v) is 5.92. The van der Waals surface area contributed by atoms with Crippen LogP contribution in [0.15, 0.2) is 24.3 Å². The highest BCUT2D eigenvalue weighted by molar-refractivity contribution is 5.32. The van der Waals surface area contributed by atoms with E-state index in [-0.39, 0.29) is 5.54 Å². The topological polar surface area (TPSA) is 24.1 Å². The Balaban J connectivity index is 1.95. The van der Waals surface area contributed by atoms with E-state index >= 15 is 0 Å². The van der Waals surface area contributed by atoms with Crippen LogP contribution in [0.1, 0.15) is 44.4 Å². The van der Waals surface area contributed by atoms with Crippen molar-refractivity contribution in [3.8, 4) is 0 Å². The van der Waals surface area contributed by atoms with Gasteiger partial charge in [-0.15, -0.1) is 0 Å². The normalized spacial score (nSPS) is 20.1. The molecule has 0 aliphatic carbocycles. The smallest absolute Gasteiger partial charge is 0.0335 e. The first-order chi connectivity index (χ1) is 8.06. The maximum Gasteiger partial charge on any atom is 0.0335 e. The number of rotatable bonds is 3. The quantitative estimate of drug-likeness (QED) is 0.837. The zero-order valence-electron chi connectivity index (χ0n) is 11.2. The van der Waals surface area contributed by atoms with Gasteiger partial charge in [0.2, 0.25) is 0 Å². The van der Waals surface area contributed by atoms with Crippen LogP contribution in [0.25, 0.3) is 0 Å². The van der Waals surface area contributed by atoms with Crippen molar-refractivity contribution in [1.82, 2.24) is 10.6 Å². The standard InChI is InChI=1S/C15H24N2/c1-15(2,3)17-11-9-14-13-7-5-4-6-12(13)8-10-16-14/h4-7,14,16-17H,8-11H2,1-3H3. The molecule has 2 heteroatoms. The number of hydrogen-bond acceptors (Lipinski definition) is 2. The van der Waals surface area contributed by atoms with E-state index in [1.807, 2.05) is 0 Å². The molecule has 0 aromatic heterocycles. The number of nitrogens with one attached hydrogen (secondary N) is 2. The van der Waals surface area contributed by atoms with E-state index in [4.69, 9.17) is 0 Å². The predicted molar refractivity (Wildman–Crippen MR) is 73.3 cm³/mol. The molecule has 0 bridgehead atoms. The van der Waals surface area contributed by atoms with E-state index < -0.39 is 0 Å². The molecular weight excluding hydrogens is 208 g/mol. The number of fused-ring (bicyclic) bond motifs is 1. The number of benzene rings is 1. The van der Waals surface area contributed by atoms with Gasteiger partial charge in [0.1, 0.15) is 0 Å². The highest BCUT2D eigenvalue weighted by Gasteiger charge is 2.19. The van der Waals surface area contributed by atoms with E-state index in [9.17, 15) is 0 Å². The van der Waals surface area contributed by atoms with E-state index in [1.165, 1.54) is 17.5 Å². The van der Waals surface area contributed by atoms with Gasteiger partial charge < -0.3 is 10.6 Å². The van der Waals surface area contributed by atoms with Crippen molar-refractivity contribution < 1.29 is 0 Å². The molecule has 0 fully saturated rings. The summed E-state index contributed by atoms with van der Waals surface area (Å²) in [6.07, 6.45) is 2.33. The Morgan fingerprint density at radius 1 is 1.29 bits per heavy atom. The van der Waals surface area contributed by atoms with Crippen molar-refractivity contribution in [3.05, 3.63) is 35.4 Å². The summed E-state index contributed by atoms with van der Waals surface area (Å²) >= 11 is 0. The van der Waals surface area contributed by atoms with Crippen LogP contribution in [0.4, 0.5) is 0 Å². The Hall–Kier alpha value is -0.860.